The second-order valence-corrected chi connectivity index (χ2v) is 4.02. The van der Waals surface area contributed by atoms with Gasteiger partial charge in [0.1, 0.15) is 0 Å². The fourth-order valence-corrected chi connectivity index (χ4v) is 1.85. The molecule has 0 amide bonds. The van der Waals surface area contributed by atoms with Crippen molar-refractivity contribution in [2.45, 2.75) is 38.3 Å². The van der Waals surface area contributed by atoms with Crippen LogP contribution in [0.2, 0.25) is 0 Å². The van der Waals surface area contributed by atoms with Gasteiger partial charge in [-0.25, -0.2) is 0 Å². The summed E-state index contributed by atoms with van der Waals surface area (Å²) in [5, 5.41) is 0. The van der Waals surface area contributed by atoms with Gasteiger partial charge in [-0.15, -0.1) is 0 Å². The zero-order chi connectivity index (χ0) is 9.90. The summed E-state index contributed by atoms with van der Waals surface area (Å²) in [6.45, 7) is 5.83. The molecule has 3 atom stereocenters. The number of hydrogen-bond donors (Lipinski definition) is 1. The van der Waals surface area contributed by atoms with Crippen LogP contribution in [0.1, 0.15) is 26.7 Å². The van der Waals surface area contributed by atoms with Crippen molar-refractivity contribution in [1.82, 2.24) is 0 Å². The van der Waals surface area contributed by atoms with Gasteiger partial charge in [0, 0.05) is 25.7 Å². The summed E-state index contributed by atoms with van der Waals surface area (Å²) in [5.74, 6) is 0.463. The lowest BCUT2D eigenvalue weighted by molar-refractivity contribution is -0.0345. The van der Waals surface area contributed by atoms with E-state index in [1.165, 1.54) is 0 Å². The highest BCUT2D eigenvalue weighted by molar-refractivity contribution is 4.91. The number of nitrogens with two attached hydrogens (primary N) is 1. The van der Waals surface area contributed by atoms with Crippen LogP contribution in [0.5, 0.6) is 0 Å². The Morgan fingerprint density at radius 1 is 1.69 bits per heavy atom. The summed E-state index contributed by atoms with van der Waals surface area (Å²) in [7, 11) is 1.74. The Morgan fingerprint density at radius 3 is 2.77 bits per heavy atom. The molecule has 3 unspecified atom stereocenters. The minimum absolute atomic E-state index is 0.0880. The lowest BCUT2D eigenvalue weighted by Crippen LogP contribution is -2.51. The molecule has 0 spiro atoms. The first kappa shape index (κ1) is 11.0. The van der Waals surface area contributed by atoms with Crippen molar-refractivity contribution in [2.75, 3.05) is 20.3 Å². The van der Waals surface area contributed by atoms with Crippen molar-refractivity contribution in [3.63, 3.8) is 0 Å². The van der Waals surface area contributed by atoms with Crippen LogP contribution >= 0.6 is 0 Å². The van der Waals surface area contributed by atoms with E-state index in [-0.39, 0.29) is 11.6 Å². The maximum absolute atomic E-state index is 6.17. The third kappa shape index (κ3) is 2.22. The van der Waals surface area contributed by atoms with Crippen molar-refractivity contribution < 1.29 is 9.47 Å². The lowest BCUT2D eigenvalue weighted by atomic mass is 9.84. The molecule has 78 valence electrons. The van der Waals surface area contributed by atoms with Gasteiger partial charge < -0.3 is 15.2 Å². The van der Waals surface area contributed by atoms with Crippen molar-refractivity contribution >= 4 is 0 Å². The highest BCUT2D eigenvalue weighted by Crippen LogP contribution is 2.27. The van der Waals surface area contributed by atoms with Gasteiger partial charge in [0.15, 0.2) is 0 Å². The number of methoxy groups -OCH3 is 1. The summed E-state index contributed by atoms with van der Waals surface area (Å²) in [4.78, 5) is 0. The molecule has 0 radical (unpaired) electrons. The van der Waals surface area contributed by atoms with Crippen LogP contribution in [0.25, 0.3) is 0 Å². The molecule has 0 saturated carbocycles. The molecule has 13 heavy (non-hydrogen) atoms. The van der Waals surface area contributed by atoms with E-state index in [9.17, 15) is 0 Å². The summed E-state index contributed by atoms with van der Waals surface area (Å²) >= 11 is 0. The first-order valence-corrected chi connectivity index (χ1v) is 5.02. The van der Waals surface area contributed by atoms with E-state index in [1.807, 2.05) is 0 Å². The normalized spacial score (nSPS) is 30.0. The summed E-state index contributed by atoms with van der Waals surface area (Å²) in [6.07, 6.45) is 2.02. The molecule has 1 heterocycles. The monoisotopic (exact) mass is 187 g/mol. The zero-order valence-corrected chi connectivity index (χ0v) is 8.88. The Morgan fingerprint density at radius 2 is 2.38 bits per heavy atom. The number of ether oxygens (including phenoxy) is 2. The van der Waals surface area contributed by atoms with Crippen LogP contribution in [0, 0.1) is 5.92 Å². The fourth-order valence-electron chi connectivity index (χ4n) is 1.85. The molecule has 2 N–H and O–H groups in total. The standard InChI is InChI=1S/C10H21NO2/c1-4-10(2,12-3)9(11)8-5-6-13-7-8/h8-9H,4-7,11H2,1-3H3. The topological polar surface area (TPSA) is 44.5 Å². The van der Waals surface area contributed by atoms with Crippen molar-refractivity contribution in [2.24, 2.45) is 11.7 Å². The van der Waals surface area contributed by atoms with Crippen LogP contribution in [-0.2, 0) is 9.47 Å². The third-order valence-corrected chi connectivity index (χ3v) is 3.35. The van der Waals surface area contributed by atoms with Crippen LogP contribution < -0.4 is 5.73 Å². The Kier molecular flexibility index (Phi) is 3.71. The fraction of sp³-hybridized carbons (Fsp3) is 1.00. The average molecular weight is 187 g/mol. The van der Waals surface area contributed by atoms with Gasteiger partial charge in [-0.1, -0.05) is 6.92 Å². The molecule has 0 aromatic rings. The summed E-state index contributed by atoms with van der Waals surface area (Å²) in [5.41, 5.74) is 5.98. The highest BCUT2D eigenvalue weighted by Gasteiger charge is 2.36. The maximum atomic E-state index is 6.17. The van der Waals surface area contributed by atoms with E-state index >= 15 is 0 Å². The highest BCUT2D eigenvalue weighted by atomic mass is 16.5. The Hall–Kier alpha value is -0.120. The third-order valence-electron chi connectivity index (χ3n) is 3.35. The average Bonchev–Trinajstić information content (AvgIpc) is 2.68. The summed E-state index contributed by atoms with van der Waals surface area (Å²) < 4.78 is 10.8. The predicted octanol–water partition coefficient (Wildman–Crippen LogP) is 1.17. The Labute approximate surface area is 80.6 Å². The predicted molar refractivity (Wildman–Crippen MR) is 52.6 cm³/mol. The largest absolute Gasteiger partial charge is 0.381 e. The first-order valence-electron chi connectivity index (χ1n) is 5.02. The molecule has 0 aromatic heterocycles. The molecular weight excluding hydrogens is 166 g/mol. The lowest BCUT2D eigenvalue weighted by Gasteiger charge is -2.36. The molecule has 1 rings (SSSR count). The minimum Gasteiger partial charge on any atom is -0.381 e. The molecule has 1 aliphatic heterocycles. The summed E-state index contributed by atoms with van der Waals surface area (Å²) in [6, 6.07) is 0.0880. The first-order chi connectivity index (χ1) is 6.14. The van der Waals surface area contributed by atoms with Crippen LogP contribution in [0.4, 0.5) is 0 Å². The van der Waals surface area contributed by atoms with E-state index in [1.54, 1.807) is 7.11 Å². The molecule has 1 fully saturated rings. The van der Waals surface area contributed by atoms with E-state index in [0.29, 0.717) is 5.92 Å². The Bertz CT molecular complexity index is 151. The van der Waals surface area contributed by atoms with Gasteiger partial charge in [0.25, 0.3) is 0 Å². The van der Waals surface area contributed by atoms with Crippen molar-refractivity contribution in [1.29, 1.82) is 0 Å². The molecule has 1 saturated heterocycles. The molecule has 0 aromatic carbocycles. The van der Waals surface area contributed by atoms with Crippen LogP contribution in [-0.4, -0.2) is 32.0 Å². The number of rotatable bonds is 4. The maximum Gasteiger partial charge on any atom is 0.0801 e. The molecule has 3 heteroatoms. The van der Waals surface area contributed by atoms with Crippen LogP contribution in [0.3, 0.4) is 0 Å². The molecule has 3 nitrogen and oxygen atoms in total. The molecule has 0 bridgehead atoms. The number of hydrogen-bond acceptors (Lipinski definition) is 3. The second kappa shape index (κ2) is 4.40. The molecule has 0 aliphatic carbocycles. The SMILES string of the molecule is CCC(C)(OC)C(N)C1CCOC1. The van der Waals surface area contributed by atoms with E-state index < -0.39 is 0 Å². The molecule has 1 aliphatic rings. The molecular formula is C10H21NO2. The minimum atomic E-state index is -0.196. The van der Waals surface area contributed by atoms with Crippen molar-refractivity contribution in [3.8, 4) is 0 Å². The van der Waals surface area contributed by atoms with Gasteiger partial charge in [-0.3, -0.25) is 0 Å². The van der Waals surface area contributed by atoms with E-state index in [2.05, 4.69) is 13.8 Å². The Balaban J connectivity index is 2.57. The van der Waals surface area contributed by atoms with Gasteiger partial charge in [0.05, 0.1) is 12.2 Å². The zero-order valence-electron chi connectivity index (χ0n) is 8.88. The van der Waals surface area contributed by atoms with E-state index in [0.717, 1.165) is 26.1 Å². The van der Waals surface area contributed by atoms with Gasteiger partial charge in [-0.05, 0) is 19.8 Å². The van der Waals surface area contributed by atoms with Gasteiger partial charge in [0.2, 0.25) is 0 Å². The smallest absolute Gasteiger partial charge is 0.0801 e. The van der Waals surface area contributed by atoms with E-state index in [4.69, 9.17) is 15.2 Å². The second-order valence-electron chi connectivity index (χ2n) is 4.02. The van der Waals surface area contributed by atoms with Gasteiger partial charge >= 0.3 is 0 Å². The van der Waals surface area contributed by atoms with Gasteiger partial charge in [-0.2, -0.15) is 0 Å². The van der Waals surface area contributed by atoms with Crippen molar-refractivity contribution in [3.05, 3.63) is 0 Å². The van der Waals surface area contributed by atoms with Crippen LogP contribution in [0.15, 0.2) is 0 Å². The quantitative estimate of drug-likeness (QED) is 0.718.